The molecule has 32 heavy (non-hydrogen) atoms. The maximum atomic E-state index is 12.6. The Morgan fingerprint density at radius 3 is 2.62 bits per heavy atom. The molecule has 0 aliphatic heterocycles. The molecule has 4 rings (SSSR count). The summed E-state index contributed by atoms with van der Waals surface area (Å²) >= 11 is 2.79. The summed E-state index contributed by atoms with van der Waals surface area (Å²) in [6, 6.07) is 13.9. The van der Waals surface area contributed by atoms with Gasteiger partial charge < -0.3 is 10.1 Å². The highest BCUT2D eigenvalue weighted by Gasteiger charge is 2.14. The molecule has 0 unspecified atom stereocenters. The van der Waals surface area contributed by atoms with E-state index in [1.807, 2.05) is 41.8 Å². The maximum Gasteiger partial charge on any atom is 0.236 e. The monoisotopic (exact) mass is 465 g/mol. The Morgan fingerprint density at radius 1 is 1.12 bits per heavy atom. The first-order chi connectivity index (χ1) is 15.4. The molecular formula is C23H23N5O2S2. The number of hydrogen-bond donors (Lipinski definition) is 1. The Morgan fingerprint density at radius 2 is 1.91 bits per heavy atom. The molecule has 2 aromatic heterocycles. The van der Waals surface area contributed by atoms with Gasteiger partial charge in [-0.05, 0) is 68.3 Å². The van der Waals surface area contributed by atoms with Gasteiger partial charge in [0.1, 0.15) is 12.1 Å². The van der Waals surface area contributed by atoms with Crippen LogP contribution in [0.4, 0.5) is 5.13 Å². The van der Waals surface area contributed by atoms with Gasteiger partial charge in [-0.2, -0.15) is 0 Å². The smallest absolute Gasteiger partial charge is 0.236 e. The van der Waals surface area contributed by atoms with Crippen molar-refractivity contribution >= 4 is 34.1 Å². The molecule has 9 heteroatoms. The molecule has 164 valence electrons. The minimum Gasteiger partial charge on any atom is -0.497 e. The lowest BCUT2D eigenvalue weighted by atomic mass is 10.1. The van der Waals surface area contributed by atoms with E-state index in [0.29, 0.717) is 10.3 Å². The van der Waals surface area contributed by atoms with Crippen molar-refractivity contribution in [3.8, 4) is 22.7 Å². The Labute approximate surface area is 194 Å². The summed E-state index contributed by atoms with van der Waals surface area (Å²) < 4.78 is 7.10. The number of aromatic nitrogens is 4. The number of thiazole rings is 1. The molecule has 0 saturated heterocycles. The molecule has 0 fully saturated rings. The summed E-state index contributed by atoms with van der Waals surface area (Å²) in [5.41, 5.74) is 5.23. The molecule has 7 nitrogen and oxygen atoms in total. The van der Waals surface area contributed by atoms with Gasteiger partial charge in [0.2, 0.25) is 5.91 Å². The van der Waals surface area contributed by atoms with Crippen LogP contribution in [0.15, 0.2) is 53.9 Å². The van der Waals surface area contributed by atoms with Crippen LogP contribution in [0.1, 0.15) is 16.0 Å². The van der Waals surface area contributed by atoms with Gasteiger partial charge in [-0.3, -0.25) is 9.36 Å². The average molecular weight is 466 g/mol. The second-order valence-corrected chi connectivity index (χ2v) is 9.39. The number of carbonyl (C=O) groups excluding carboxylic acids is 1. The third-order valence-corrected chi connectivity index (χ3v) is 6.85. The van der Waals surface area contributed by atoms with Crippen LogP contribution in [0, 0.1) is 20.8 Å². The van der Waals surface area contributed by atoms with E-state index in [1.165, 1.54) is 34.2 Å². The number of aryl methyl sites for hydroxylation is 3. The molecule has 1 N–H and O–H groups in total. The van der Waals surface area contributed by atoms with Crippen LogP contribution in [0.2, 0.25) is 0 Å². The Hall–Kier alpha value is -3.17. The van der Waals surface area contributed by atoms with Gasteiger partial charge in [-0.25, -0.2) is 4.98 Å². The third-order valence-electron chi connectivity index (χ3n) is 5.02. The van der Waals surface area contributed by atoms with E-state index < -0.39 is 0 Å². The lowest BCUT2D eigenvalue weighted by Gasteiger charge is -2.08. The van der Waals surface area contributed by atoms with Gasteiger partial charge in [0.25, 0.3) is 0 Å². The van der Waals surface area contributed by atoms with Crippen molar-refractivity contribution in [1.82, 2.24) is 19.7 Å². The quantitative estimate of drug-likeness (QED) is 0.385. The molecule has 0 aliphatic carbocycles. The fourth-order valence-corrected chi connectivity index (χ4v) is 4.71. The summed E-state index contributed by atoms with van der Waals surface area (Å²) in [6.07, 6.45) is 1.66. The number of benzene rings is 2. The second-order valence-electron chi connectivity index (χ2n) is 7.24. The normalized spacial score (nSPS) is 10.9. The van der Waals surface area contributed by atoms with Crippen molar-refractivity contribution in [3.05, 3.63) is 64.8 Å². The van der Waals surface area contributed by atoms with Gasteiger partial charge in [0.05, 0.1) is 18.6 Å². The molecule has 0 saturated carbocycles. The molecule has 0 bridgehead atoms. The van der Waals surface area contributed by atoms with Crippen LogP contribution in [0.3, 0.4) is 0 Å². The lowest BCUT2D eigenvalue weighted by molar-refractivity contribution is -0.113. The number of ether oxygens (including phenoxy) is 1. The lowest BCUT2D eigenvalue weighted by Crippen LogP contribution is -2.14. The van der Waals surface area contributed by atoms with E-state index in [2.05, 4.69) is 46.5 Å². The minimum atomic E-state index is -0.139. The Bertz CT molecular complexity index is 1250. The summed E-state index contributed by atoms with van der Waals surface area (Å²) in [6.45, 7) is 6.14. The molecule has 2 heterocycles. The van der Waals surface area contributed by atoms with Gasteiger partial charge in [-0.1, -0.05) is 17.8 Å². The molecular weight excluding hydrogens is 442 g/mol. The average Bonchev–Trinajstić information content (AvgIpc) is 3.40. The van der Waals surface area contributed by atoms with E-state index in [9.17, 15) is 4.79 Å². The van der Waals surface area contributed by atoms with Crippen LogP contribution in [0.5, 0.6) is 5.75 Å². The van der Waals surface area contributed by atoms with Crippen molar-refractivity contribution in [3.63, 3.8) is 0 Å². The first kappa shape index (κ1) is 22.0. The minimum absolute atomic E-state index is 0.139. The standard InChI is InChI=1S/C23H23N5O2S2/c1-14-5-8-18(11-15(14)2)28-13-24-27-23(28)31-12-20(29)25-22-26-21(16(3)32-22)17-6-9-19(30-4)10-7-17/h5-11,13H,12H2,1-4H3,(H,25,26,29). The summed E-state index contributed by atoms with van der Waals surface area (Å²) in [4.78, 5) is 18.2. The van der Waals surface area contributed by atoms with Crippen molar-refractivity contribution in [1.29, 1.82) is 0 Å². The van der Waals surface area contributed by atoms with E-state index in [4.69, 9.17) is 4.74 Å². The molecule has 4 aromatic rings. The molecule has 0 aliphatic rings. The van der Waals surface area contributed by atoms with Crippen molar-refractivity contribution in [2.45, 2.75) is 25.9 Å². The Kier molecular flexibility index (Phi) is 6.57. The fraction of sp³-hybridized carbons (Fsp3) is 0.217. The van der Waals surface area contributed by atoms with Crippen molar-refractivity contribution < 1.29 is 9.53 Å². The number of nitrogens with one attached hydrogen (secondary N) is 1. The highest BCUT2D eigenvalue weighted by atomic mass is 32.2. The van der Waals surface area contributed by atoms with E-state index >= 15 is 0 Å². The van der Waals surface area contributed by atoms with Crippen molar-refractivity contribution in [2.24, 2.45) is 0 Å². The fourth-order valence-electron chi connectivity index (χ4n) is 3.13. The Balaban J connectivity index is 1.41. The zero-order chi connectivity index (χ0) is 22.7. The van der Waals surface area contributed by atoms with E-state index in [0.717, 1.165) is 27.6 Å². The van der Waals surface area contributed by atoms with Crippen LogP contribution in [-0.4, -0.2) is 38.5 Å². The van der Waals surface area contributed by atoms with E-state index in [-0.39, 0.29) is 11.7 Å². The highest BCUT2D eigenvalue weighted by Crippen LogP contribution is 2.31. The number of thioether (sulfide) groups is 1. The van der Waals surface area contributed by atoms with E-state index in [1.54, 1.807) is 13.4 Å². The number of nitrogens with zero attached hydrogens (tertiary/aromatic N) is 4. The topological polar surface area (TPSA) is 81.9 Å². The summed E-state index contributed by atoms with van der Waals surface area (Å²) in [5.74, 6) is 0.862. The number of anilines is 1. The molecule has 0 atom stereocenters. The zero-order valence-electron chi connectivity index (χ0n) is 18.2. The maximum absolute atomic E-state index is 12.6. The summed E-state index contributed by atoms with van der Waals surface area (Å²) in [5, 5.41) is 12.3. The largest absolute Gasteiger partial charge is 0.497 e. The summed E-state index contributed by atoms with van der Waals surface area (Å²) in [7, 11) is 1.64. The first-order valence-electron chi connectivity index (χ1n) is 9.96. The number of amides is 1. The molecule has 0 spiro atoms. The zero-order valence-corrected chi connectivity index (χ0v) is 19.9. The first-order valence-corrected chi connectivity index (χ1v) is 11.8. The molecule has 0 radical (unpaired) electrons. The van der Waals surface area contributed by atoms with Crippen molar-refractivity contribution in [2.75, 3.05) is 18.2 Å². The third kappa shape index (κ3) is 4.84. The molecule has 2 aromatic carbocycles. The number of carbonyl (C=O) groups is 1. The van der Waals surface area contributed by atoms with Gasteiger partial charge in [0, 0.05) is 16.1 Å². The van der Waals surface area contributed by atoms with Crippen LogP contribution in [-0.2, 0) is 4.79 Å². The predicted molar refractivity (Wildman–Crippen MR) is 129 cm³/mol. The SMILES string of the molecule is COc1ccc(-c2nc(NC(=O)CSc3nncn3-c3ccc(C)c(C)c3)sc2C)cc1. The van der Waals surface area contributed by atoms with Gasteiger partial charge in [0.15, 0.2) is 10.3 Å². The van der Waals surface area contributed by atoms with Gasteiger partial charge in [-0.15, -0.1) is 21.5 Å². The highest BCUT2D eigenvalue weighted by molar-refractivity contribution is 7.99. The number of hydrogen-bond acceptors (Lipinski definition) is 7. The van der Waals surface area contributed by atoms with Gasteiger partial charge >= 0.3 is 0 Å². The van der Waals surface area contributed by atoms with Crippen LogP contribution in [0.25, 0.3) is 16.9 Å². The van der Waals surface area contributed by atoms with Crippen LogP contribution < -0.4 is 10.1 Å². The molecule has 1 amide bonds. The second kappa shape index (κ2) is 9.54. The number of methoxy groups -OCH3 is 1. The van der Waals surface area contributed by atoms with Crippen LogP contribution >= 0.6 is 23.1 Å². The number of rotatable bonds is 7. The predicted octanol–water partition coefficient (Wildman–Crippen LogP) is 5.06.